The molecule has 4 unspecified atom stereocenters. The molecule has 44 heavy (non-hydrogen) atoms. The number of rotatable bonds is 7. The molecule has 0 spiro atoms. The summed E-state index contributed by atoms with van der Waals surface area (Å²) in [7, 11) is 0. The van der Waals surface area contributed by atoms with Crippen LogP contribution in [-0.2, 0) is 27.2 Å². The van der Waals surface area contributed by atoms with Gasteiger partial charge in [0, 0.05) is 35.2 Å². The van der Waals surface area contributed by atoms with Gasteiger partial charge in [-0.3, -0.25) is 19.2 Å². The number of phenolic OH excluding ortho intramolecular Hbond substituents is 1. The summed E-state index contributed by atoms with van der Waals surface area (Å²) in [6.45, 7) is 10.1. The van der Waals surface area contributed by atoms with Gasteiger partial charge in [0.2, 0.25) is 5.78 Å². The highest BCUT2D eigenvalue weighted by Crippen LogP contribution is 2.65. The molecule has 4 atom stereocenters. The van der Waals surface area contributed by atoms with Crippen molar-refractivity contribution in [3.05, 3.63) is 75.8 Å². The first-order valence-electron chi connectivity index (χ1n) is 15.2. The first kappa shape index (κ1) is 31.4. The molecule has 8 heteroatoms. The number of hydrogen-bond acceptors (Lipinski definition) is 8. The van der Waals surface area contributed by atoms with Gasteiger partial charge >= 0.3 is 0 Å². The standard InChI is InChI=1S/C36H40O8/c1-7-8-22(38)15-20-9-11-21(12-10-20)23-13-14-25(39)27-24(23)16-34(5)17-35(6)28(18(2)3)30(40)26(19(4)37)32(42)36(35,44)33(43)29(34)31(27)41/h9-14,18,28,39-40,43-44H,7-8,15-17H2,1-6H3. The molecule has 4 N–H and O–H groups in total. The van der Waals surface area contributed by atoms with Crippen molar-refractivity contribution in [2.75, 3.05) is 0 Å². The Bertz CT molecular complexity index is 1680. The Morgan fingerprint density at radius 1 is 1.00 bits per heavy atom. The second kappa shape index (κ2) is 10.5. The van der Waals surface area contributed by atoms with Crippen molar-refractivity contribution in [3.63, 3.8) is 0 Å². The lowest BCUT2D eigenvalue weighted by Crippen LogP contribution is -2.67. The third kappa shape index (κ3) is 4.29. The van der Waals surface area contributed by atoms with Crippen molar-refractivity contribution in [1.82, 2.24) is 0 Å². The molecular formula is C36H40O8. The summed E-state index contributed by atoms with van der Waals surface area (Å²) in [6, 6.07) is 10.6. The lowest BCUT2D eigenvalue weighted by molar-refractivity contribution is -0.171. The second-order valence-electron chi connectivity index (χ2n) is 13.6. The van der Waals surface area contributed by atoms with Gasteiger partial charge < -0.3 is 20.4 Å². The summed E-state index contributed by atoms with van der Waals surface area (Å²) in [5, 5.41) is 46.2. The number of benzene rings is 2. The molecule has 3 aliphatic carbocycles. The van der Waals surface area contributed by atoms with Crippen LogP contribution < -0.4 is 0 Å². The average Bonchev–Trinajstić information content (AvgIpc) is 2.91. The van der Waals surface area contributed by atoms with E-state index in [0.717, 1.165) is 24.5 Å². The van der Waals surface area contributed by atoms with E-state index in [0.29, 0.717) is 24.0 Å². The molecule has 0 saturated carbocycles. The minimum absolute atomic E-state index is 0.0234. The number of carbonyl (C=O) groups is 4. The fourth-order valence-corrected chi connectivity index (χ4v) is 8.40. The van der Waals surface area contributed by atoms with E-state index in [-0.39, 0.29) is 41.4 Å². The van der Waals surface area contributed by atoms with E-state index in [2.05, 4.69) is 0 Å². The Kier molecular flexibility index (Phi) is 7.52. The molecule has 5 rings (SSSR count). The molecule has 232 valence electrons. The van der Waals surface area contributed by atoms with Crippen LogP contribution in [0, 0.1) is 22.7 Å². The lowest BCUT2D eigenvalue weighted by Gasteiger charge is -2.59. The normalized spacial score (nSPS) is 28.1. The number of aliphatic hydroxyl groups is 3. The molecule has 0 bridgehead atoms. The Morgan fingerprint density at radius 2 is 1.64 bits per heavy atom. The summed E-state index contributed by atoms with van der Waals surface area (Å²) in [5.74, 6) is -5.21. The van der Waals surface area contributed by atoms with Crippen molar-refractivity contribution < 1.29 is 39.6 Å². The Labute approximate surface area is 257 Å². The highest BCUT2D eigenvalue weighted by atomic mass is 16.3. The SMILES string of the molecule is CCCC(=O)Cc1ccc(-c2ccc(O)c3c2CC2(C)CC4(C)C(C(C)C)C(O)=C(C(C)=O)C(=O)C4(O)C(O)=C2C3=O)cc1. The number of hydrogen-bond donors (Lipinski definition) is 4. The Balaban J connectivity index is 1.69. The molecule has 0 aliphatic heterocycles. The van der Waals surface area contributed by atoms with Crippen LogP contribution in [0.2, 0.25) is 0 Å². The van der Waals surface area contributed by atoms with Crippen molar-refractivity contribution in [3.8, 4) is 16.9 Å². The summed E-state index contributed by atoms with van der Waals surface area (Å²) < 4.78 is 0. The predicted octanol–water partition coefficient (Wildman–Crippen LogP) is 5.93. The largest absolute Gasteiger partial charge is 0.511 e. The molecule has 3 aliphatic rings. The first-order valence-corrected chi connectivity index (χ1v) is 15.2. The maximum Gasteiger partial charge on any atom is 0.209 e. The Morgan fingerprint density at radius 3 is 2.20 bits per heavy atom. The van der Waals surface area contributed by atoms with E-state index in [9.17, 15) is 39.6 Å². The smallest absolute Gasteiger partial charge is 0.209 e. The predicted molar refractivity (Wildman–Crippen MR) is 164 cm³/mol. The van der Waals surface area contributed by atoms with E-state index in [1.54, 1.807) is 33.8 Å². The maximum atomic E-state index is 14.3. The average molecular weight is 601 g/mol. The lowest BCUT2D eigenvalue weighted by atomic mass is 9.44. The number of carbonyl (C=O) groups excluding carboxylic acids is 4. The van der Waals surface area contributed by atoms with Crippen molar-refractivity contribution in [1.29, 1.82) is 0 Å². The fourth-order valence-electron chi connectivity index (χ4n) is 8.40. The minimum atomic E-state index is -2.64. The van der Waals surface area contributed by atoms with E-state index in [1.807, 2.05) is 31.2 Å². The molecule has 8 nitrogen and oxygen atoms in total. The van der Waals surface area contributed by atoms with Crippen LogP contribution in [0.1, 0.15) is 82.3 Å². The van der Waals surface area contributed by atoms with Gasteiger partial charge in [-0.1, -0.05) is 65.0 Å². The van der Waals surface area contributed by atoms with Gasteiger partial charge in [0.05, 0.1) is 5.56 Å². The first-order chi connectivity index (χ1) is 20.5. The number of allylic oxidation sites excluding steroid dienone is 2. The second-order valence-corrected chi connectivity index (χ2v) is 13.6. The summed E-state index contributed by atoms with van der Waals surface area (Å²) in [4.78, 5) is 52.8. The van der Waals surface area contributed by atoms with Crippen LogP contribution in [0.25, 0.3) is 11.1 Å². The van der Waals surface area contributed by atoms with Gasteiger partial charge in [-0.15, -0.1) is 0 Å². The summed E-state index contributed by atoms with van der Waals surface area (Å²) in [6.07, 6.45) is 1.83. The Hall–Kier alpha value is -4.04. The van der Waals surface area contributed by atoms with E-state index < -0.39 is 56.8 Å². The van der Waals surface area contributed by atoms with Crippen LogP contribution in [0.5, 0.6) is 5.75 Å². The van der Waals surface area contributed by atoms with Gasteiger partial charge in [-0.2, -0.15) is 0 Å². The van der Waals surface area contributed by atoms with Gasteiger partial charge in [0.1, 0.15) is 28.6 Å². The molecule has 0 aromatic heterocycles. The zero-order chi connectivity index (χ0) is 32.5. The number of aromatic hydroxyl groups is 1. The van der Waals surface area contributed by atoms with E-state index >= 15 is 0 Å². The van der Waals surface area contributed by atoms with Crippen LogP contribution in [0.15, 0.2) is 59.1 Å². The van der Waals surface area contributed by atoms with Gasteiger partial charge in [0.25, 0.3) is 0 Å². The van der Waals surface area contributed by atoms with Crippen molar-refractivity contribution in [2.45, 2.75) is 79.2 Å². The quantitative estimate of drug-likeness (QED) is 0.286. The molecule has 0 saturated heterocycles. The van der Waals surface area contributed by atoms with E-state index in [4.69, 9.17) is 0 Å². The number of phenols is 1. The number of Topliss-reactive ketones (excluding diaryl/α,β-unsaturated/α-hetero) is 4. The summed E-state index contributed by atoms with van der Waals surface area (Å²) in [5.41, 5.74) is -3.10. The number of aliphatic hydroxyl groups excluding tert-OH is 2. The topological polar surface area (TPSA) is 149 Å². The highest BCUT2D eigenvalue weighted by Gasteiger charge is 2.71. The van der Waals surface area contributed by atoms with Gasteiger partial charge in [-0.25, -0.2) is 0 Å². The van der Waals surface area contributed by atoms with Crippen LogP contribution in [-0.4, -0.2) is 49.2 Å². The highest BCUT2D eigenvalue weighted by molar-refractivity contribution is 6.25. The van der Waals surface area contributed by atoms with Crippen LogP contribution in [0.4, 0.5) is 0 Å². The van der Waals surface area contributed by atoms with Crippen LogP contribution >= 0.6 is 0 Å². The van der Waals surface area contributed by atoms with Crippen LogP contribution in [0.3, 0.4) is 0 Å². The molecule has 0 fully saturated rings. The molecule has 2 aromatic carbocycles. The van der Waals surface area contributed by atoms with Crippen molar-refractivity contribution in [2.24, 2.45) is 22.7 Å². The maximum absolute atomic E-state index is 14.3. The minimum Gasteiger partial charge on any atom is -0.511 e. The molecular weight excluding hydrogens is 560 g/mol. The van der Waals surface area contributed by atoms with E-state index in [1.165, 1.54) is 6.07 Å². The van der Waals surface area contributed by atoms with Gasteiger partial charge in [-0.05, 0) is 60.4 Å². The summed E-state index contributed by atoms with van der Waals surface area (Å²) >= 11 is 0. The van der Waals surface area contributed by atoms with Crippen molar-refractivity contribution >= 4 is 23.1 Å². The third-order valence-electron chi connectivity index (χ3n) is 10.1. The molecule has 0 heterocycles. The molecule has 0 amide bonds. The number of ketones is 4. The fraction of sp³-hybridized carbons (Fsp3) is 0.444. The number of fused-ring (bicyclic) bond motifs is 3. The zero-order valence-electron chi connectivity index (χ0n) is 26.1. The molecule has 0 radical (unpaired) electrons. The third-order valence-corrected chi connectivity index (χ3v) is 10.1. The molecule has 2 aromatic rings. The zero-order valence-corrected chi connectivity index (χ0v) is 26.1. The monoisotopic (exact) mass is 600 g/mol. The van der Waals surface area contributed by atoms with Gasteiger partial charge in [0.15, 0.2) is 17.2 Å².